The van der Waals surface area contributed by atoms with Crippen molar-refractivity contribution in [1.82, 2.24) is 5.43 Å². The molecule has 0 heterocycles. The quantitative estimate of drug-likeness (QED) is 0.182. The molecule has 0 aliphatic carbocycles. The molecule has 4 rings (SSSR count). The molecule has 0 fully saturated rings. The minimum absolute atomic E-state index is 0.136. The summed E-state index contributed by atoms with van der Waals surface area (Å²) in [6.07, 6.45) is 1.72. The number of fused-ring (bicyclic) bond motifs is 1. The van der Waals surface area contributed by atoms with Crippen LogP contribution >= 0.6 is 22.6 Å². The fourth-order valence-corrected chi connectivity index (χ4v) is 3.91. The largest absolute Gasteiger partial charge is 0.488 e. The molecular weight excluding hydrogens is 518 g/mol. The number of carbonyl (C=O) groups is 1. The summed E-state index contributed by atoms with van der Waals surface area (Å²) in [6, 6.07) is 26.1. The van der Waals surface area contributed by atoms with E-state index in [0.29, 0.717) is 6.61 Å². The molecule has 4 nitrogen and oxygen atoms in total. The maximum absolute atomic E-state index is 12.9. The van der Waals surface area contributed by atoms with E-state index in [0.717, 1.165) is 26.0 Å². The summed E-state index contributed by atoms with van der Waals surface area (Å²) in [4.78, 5) is 12.0. The molecule has 0 unspecified atom stereocenters. The number of hydrogen-bond acceptors (Lipinski definition) is 3. The van der Waals surface area contributed by atoms with E-state index in [-0.39, 0.29) is 18.1 Å². The van der Waals surface area contributed by atoms with Crippen LogP contribution in [0.1, 0.15) is 16.7 Å². The van der Waals surface area contributed by atoms with Crippen molar-refractivity contribution >= 4 is 45.5 Å². The fraction of sp³-hybridized carbons (Fsp3) is 0.0769. The van der Waals surface area contributed by atoms with Gasteiger partial charge in [0.15, 0.2) is 0 Å². The average molecular weight is 538 g/mol. The molecular formula is C26H20FIN2O2. The van der Waals surface area contributed by atoms with Crippen LogP contribution in [0, 0.1) is 9.39 Å². The highest BCUT2D eigenvalue weighted by atomic mass is 127. The predicted octanol–water partition coefficient (Wildman–Crippen LogP) is 5.86. The molecule has 0 atom stereocenters. The van der Waals surface area contributed by atoms with Crippen LogP contribution in [0.2, 0.25) is 0 Å². The van der Waals surface area contributed by atoms with Gasteiger partial charge in [-0.05, 0) is 86.5 Å². The Labute approximate surface area is 199 Å². The highest BCUT2D eigenvalue weighted by molar-refractivity contribution is 14.1. The van der Waals surface area contributed by atoms with E-state index in [4.69, 9.17) is 4.74 Å². The Morgan fingerprint density at radius 2 is 1.69 bits per heavy atom. The number of carbonyl (C=O) groups excluding carboxylic acids is 1. The van der Waals surface area contributed by atoms with Crippen LogP contribution in [-0.2, 0) is 17.8 Å². The molecule has 0 aromatic heterocycles. The van der Waals surface area contributed by atoms with E-state index in [1.165, 1.54) is 22.9 Å². The molecule has 0 spiro atoms. The van der Waals surface area contributed by atoms with Gasteiger partial charge in [0, 0.05) is 0 Å². The molecule has 0 radical (unpaired) electrons. The molecule has 160 valence electrons. The Morgan fingerprint density at radius 1 is 0.938 bits per heavy atom. The second kappa shape index (κ2) is 10.4. The Kier molecular flexibility index (Phi) is 7.11. The molecule has 6 heteroatoms. The van der Waals surface area contributed by atoms with E-state index in [2.05, 4.69) is 63.4 Å². The van der Waals surface area contributed by atoms with Gasteiger partial charge >= 0.3 is 0 Å². The van der Waals surface area contributed by atoms with Gasteiger partial charge in [0.2, 0.25) is 5.91 Å². The number of benzene rings is 4. The van der Waals surface area contributed by atoms with Crippen LogP contribution in [0.15, 0.2) is 90.0 Å². The molecule has 4 aromatic carbocycles. The third-order valence-electron chi connectivity index (χ3n) is 4.84. The first kappa shape index (κ1) is 22.0. The van der Waals surface area contributed by atoms with Gasteiger partial charge in [-0.3, -0.25) is 4.79 Å². The molecule has 0 aliphatic heterocycles. The molecule has 4 aromatic rings. The van der Waals surface area contributed by atoms with Crippen LogP contribution in [0.25, 0.3) is 10.8 Å². The zero-order chi connectivity index (χ0) is 22.3. The number of hydrazone groups is 1. The molecule has 0 saturated carbocycles. The van der Waals surface area contributed by atoms with Crippen molar-refractivity contribution in [3.8, 4) is 5.75 Å². The van der Waals surface area contributed by atoms with Gasteiger partial charge in [-0.1, -0.05) is 48.5 Å². The Morgan fingerprint density at radius 3 is 2.47 bits per heavy atom. The van der Waals surface area contributed by atoms with Crippen molar-refractivity contribution in [2.75, 3.05) is 0 Å². The first-order chi connectivity index (χ1) is 15.6. The number of nitrogens with one attached hydrogen (secondary N) is 1. The minimum Gasteiger partial charge on any atom is -0.488 e. The van der Waals surface area contributed by atoms with E-state index < -0.39 is 0 Å². The van der Waals surface area contributed by atoms with E-state index >= 15 is 0 Å². The van der Waals surface area contributed by atoms with Crippen LogP contribution < -0.4 is 10.2 Å². The third-order valence-corrected chi connectivity index (χ3v) is 5.69. The summed E-state index contributed by atoms with van der Waals surface area (Å²) in [5.41, 5.74) is 5.16. The highest BCUT2D eigenvalue weighted by Crippen LogP contribution is 2.23. The van der Waals surface area contributed by atoms with Crippen molar-refractivity contribution in [3.05, 3.63) is 111 Å². The normalized spacial score (nSPS) is 11.1. The van der Waals surface area contributed by atoms with Crippen molar-refractivity contribution in [2.24, 2.45) is 5.10 Å². The van der Waals surface area contributed by atoms with Gasteiger partial charge in [-0.25, -0.2) is 9.82 Å². The highest BCUT2D eigenvalue weighted by Gasteiger charge is 2.05. The topological polar surface area (TPSA) is 50.7 Å². The Hall–Kier alpha value is -3.26. The zero-order valence-corrected chi connectivity index (χ0v) is 19.3. The second-order valence-electron chi connectivity index (χ2n) is 7.26. The number of amides is 1. The molecule has 0 aliphatic rings. The standard InChI is InChI=1S/C26H20FIN2O2/c27-23-10-6-18(7-11-23)15-26(31)30-29-16-19-8-12-25(24(28)14-19)32-17-20-5-9-21-3-1-2-4-22(21)13-20/h1-14,16H,15,17H2,(H,30,31)/b29-16+. The monoisotopic (exact) mass is 538 g/mol. The van der Waals surface area contributed by atoms with Gasteiger partial charge in [-0.15, -0.1) is 0 Å². The van der Waals surface area contributed by atoms with Gasteiger partial charge in [0.25, 0.3) is 0 Å². The van der Waals surface area contributed by atoms with Crippen molar-refractivity contribution in [1.29, 1.82) is 0 Å². The number of ether oxygens (including phenoxy) is 1. The van der Waals surface area contributed by atoms with Crippen LogP contribution in [0.5, 0.6) is 5.75 Å². The Bertz CT molecular complexity index is 1270. The summed E-state index contributed by atoms with van der Waals surface area (Å²) in [6.45, 7) is 0.480. The summed E-state index contributed by atoms with van der Waals surface area (Å²) >= 11 is 2.22. The lowest BCUT2D eigenvalue weighted by Gasteiger charge is -2.10. The molecule has 32 heavy (non-hydrogen) atoms. The number of nitrogens with zero attached hydrogens (tertiary/aromatic N) is 1. The first-order valence-corrected chi connectivity index (χ1v) is 11.1. The van der Waals surface area contributed by atoms with E-state index in [1.54, 1.807) is 18.3 Å². The lowest BCUT2D eigenvalue weighted by Crippen LogP contribution is -2.19. The fourth-order valence-electron chi connectivity index (χ4n) is 3.21. The van der Waals surface area contributed by atoms with Gasteiger partial charge < -0.3 is 4.74 Å². The molecule has 0 saturated heterocycles. The summed E-state index contributed by atoms with van der Waals surface area (Å²) in [5, 5.41) is 6.40. The first-order valence-electron chi connectivity index (χ1n) is 10.0. The third kappa shape index (κ3) is 5.91. The van der Waals surface area contributed by atoms with E-state index in [1.807, 2.05) is 30.3 Å². The SMILES string of the molecule is O=C(Cc1ccc(F)cc1)N/N=C/c1ccc(OCc2ccc3ccccc3c2)c(I)c1. The average Bonchev–Trinajstić information content (AvgIpc) is 2.80. The van der Waals surface area contributed by atoms with Crippen molar-refractivity contribution < 1.29 is 13.9 Å². The van der Waals surface area contributed by atoms with Crippen molar-refractivity contribution in [2.45, 2.75) is 13.0 Å². The Balaban J connectivity index is 1.32. The van der Waals surface area contributed by atoms with Crippen LogP contribution in [0.4, 0.5) is 4.39 Å². The summed E-state index contributed by atoms with van der Waals surface area (Å²) in [5.74, 6) is 0.195. The maximum Gasteiger partial charge on any atom is 0.244 e. The van der Waals surface area contributed by atoms with E-state index in [9.17, 15) is 9.18 Å². The summed E-state index contributed by atoms with van der Waals surface area (Å²) in [7, 11) is 0. The van der Waals surface area contributed by atoms with Crippen molar-refractivity contribution in [3.63, 3.8) is 0 Å². The smallest absolute Gasteiger partial charge is 0.244 e. The maximum atomic E-state index is 12.9. The van der Waals surface area contributed by atoms with Crippen LogP contribution in [0.3, 0.4) is 0 Å². The van der Waals surface area contributed by atoms with Crippen LogP contribution in [-0.4, -0.2) is 12.1 Å². The number of halogens is 2. The second-order valence-corrected chi connectivity index (χ2v) is 8.42. The predicted molar refractivity (Wildman–Crippen MR) is 133 cm³/mol. The van der Waals surface area contributed by atoms with Gasteiger partial charge in [-0.2, -0.15) is 5.10 Å². The molecule has 0 bridgehead atoms. The molecule has 1 amide bonds. The number of hydrogen-bond donors (Lipinski definition) is 1. The summed E-state index contributed by atoms with van der Waals surface area (Å²) < 4.78 is 19.9. The van der Waals surface area contributed by atoms with Gasteiger partial charge in [0.1, 0.15) is 18.2 Å². The zero-order valence-electron chi connectivity index (χ0n) is 17.1. The lowest BCUT2D eigenvalue weighted by atomic mass is 10.1. The van der Waals surface area contributed by atoms with Gasteiger partial charge in [0.05, 0.1) is 16.2 Å². The molecule has 1 N–H and O–H groups in total. The lowest BCUT2D eigenvalue weighted by molar-refractivity contribution is -0.120. The number of rotatable bonds is 7. The minimum atomic E-state index is -0.327.